The molecule has 48 heavy (non-hydrogen) atoms. The Balaban J connectivity index is 1.81. The highest BCUT2D eigenvalue weighted by atomic mass is 32.2. The molecule has 11 heteroatoms. The Labute approximate surface area is 282 Å². The molecular formula is C37H42FN3O6S. The molecule has 4 aromatic rings. The van der Waals surface area contributed by atoms with Gasteiger partial charge in [-0.1, -0.05) is 56.3 Å². The highest BCUT2D eigenvalue weighted by Gasteiger charge is 2.34. The zero-order chi connectivity index (χ0) is 34.7. The molecule has 4 aromatic carbocycles. The van der Waals surface area contributed by atoms with Gasteiger partial charge in [-0.2, -0.15) is 0 Å². The van der Waals surface area contributed by atoms with Gasteiger partial charge in [-0.15, -0.1) is 0 Å². The molecule has 0 aliphatic carbocycles. The fourth-order valence-corrected chi connectivity index (χ4v) is 6.50. The van der Waals surface area contributed by atoms with Crippen LogP contribution in [0, 0.1) is 11.7 Å². The zero-order valence-electron chi connectivity index (χ0n) is 27.6. The number of amides is 2. The number of rotatable bonds is 16. The van der Waals surface area contributed by atoms with Gasteiger partial charge in [0, 0.05) is 19.5 Å². The van der Waals surface area contributed by atoms with Gasteiger partial charge in [-0.25, -0.2) is 12.8 Å². The second-order valence-corrected chi connectivity index (χ2v) is 13.5. The van der Waals surface area contributed by atoms with E-state index < -0.39 is 34.3 Å². The Morgan fingerprint density at radius 3 is 2.15 bits per heavy atom. The van der Waals surface area contributed by atoms with Crippen molar-refractivity contribution in [1.82, 2.24) is 10.2 Å². The number of hydrogen-bond donors (Lipinski definition) is 1. The average molecular weight is 676 g/mol. The summed E-state index contributed by atoms with van der Waals surface area (Å²) >= 11 is 0. The van der Waals surface area contributed by atoms with Crippen LogP contribution in [0.15, 0.2) is 108 Å². The molecule has 1 N–H and O–H groups in total. The van der Waals surface area contributed by atoms with Gasteiger partial charge in [0.15, 0.2) is 0 Å². The number of nitrogens with zero attached hydrogens (tertiary/aromatic N) is 2. The van der Waals surface area contributed by atoms with E-state index in [1.807, 2.05) is 57.2 Å². The van der Waals surface area contributed by atoms with E-state index in [1.54, 1.807) is 42.5 Å². The largest absolute Gasteiger partial charge is 0.497 e. The van der Waals surface area contributed by atoms with Crippen LogP contribution in [0.3, 0.4) is 0 Å². The van der Waals surface area contributed by atoms with Gasteiger partial charge < -0.3 is 19.7 Å². The number of ether oxygens (including phenoxy) is 2. The first kappa shape index (κ1) is 35.9. The SMILES string of the molecule is CCOc1ccc(N(CC(=O)N(Cc2cccc(OC)c2)[C@@H](Cc2ccccc2)C(=O)NCC(C)C)S(=O)(=O)c2ccc(F)cc2)cc1. The lowest BCUT2D eigenvalue weighted by molar-refractivity contribution is -0.140. The second kappa shape index (κ2) is 16.8. The summed E-state index contributed by atoms with van der Waals surface area (Å²) in [6.45, 7) is 5.94. The topological polar surface area (TPSA) is 105 Å². The molecule has 9 nitrogen and oxygen atoms in total. The first-order valence-electron chi connectivity index (χ1n) is 15.8. The summed E-state index contributed by atoms with van der Waals surface area (Å²) < 4.78 is 54.0. The summed E-state index contributed by atoms with van der Waals surface area (Å²) in [6, 6.07) is 26.2. The molecule has 1 atom stereocenters. The molecule has 0 saturated heterocycles. The van der Waals surface area contributed by atoms with E-state index in [4.69, 9.17) is 9.47 Å². The molecule has 0 aromatic heterocycles. The van der Waals surface area contributed by atoms with Crippen LogP contribution in [0.4, 0.5) is 10.1 Å². The van der Waals surface area contributed by atoms with Crippen LogP contribution in [0.2, 0.25) is 0 Å². The maximum Gasteiger partial charge on any atom is 0.264 e. The summed E-state index contributed by atoms with van der Waals surface area (Å²) in [5.41, 5.74) is 1.71. The molecule has 2 amide bonds. The minimum Gasteiger partial charge on any atom is -0.497 e. The van der Waals surface area contributed by atoms with Gasteiger partial charge in [0.05, 0.1) is 24.3 Å². The lowest BCUT2D eigenvalue weighted by Gasteiger charge is -2.34. The molecule has 0 radical (unpaired) electrons. The second-order valence-electron chi connectivity index (χ2n) is 11.6. The lowest BCUT2D eigenvalue weighted by Crippen LogP contribution is -2.53. The number of halogens is 1. The van der Waals surface area contributed by atoms with E-state index in [0.717, 1.165) is 34.1 Å². The molecule has 254 valence electrons. The van der Waals surface area contributed by atoms with Crippen LogP contribution in [0.5, 0.6) is 11.5 Å². The van der Waals surface area contributed by atoms with Crippen LogP contribution in [0.25, 0.3) is 0 Å². The van der Waals surface area contributed by atoms with Crippen molar-refractivity contribution < 1.29 is 31.9 Å². The molecule has 0 bridgehead atoms. The van der Waals surface area contributed by atoms with Gasteiger partial charge in [-0.05, 0) is 84.6 Å². The van der Waals surface area contributed by atoms with Crippen LogP contribution in [0.1, 0.15) is 31.9 Å². The minimum absolute atomic E-state index is 0.00363. The third-order valence-electron chi connectivity index (χ3n) is 7.56. The Kier molecular flexibility index (Phi) is 12.6. The summed E-state index contributed by atoms with van der Waals surface area (Å²) in [5, 5.41) is 2.97. The summed E-state index contributed by atoms with van der Waals surface area (Å²) in [5.74, 6) is -0.325. The zero-order valence-corrected chi connectivity index (χ0v) is 28.5. The van der Waals surface area contributed by atoms with Crippen molar-refractivity contribution >= 4 is 27.5 Å². The van der Waals surface area contributed by atoms with Crippen molar-refractivity contribution in [3.05, 3.63) is 120 Å². The first-order chi connectivity index (χ1) is 23.0. The third kappa shape index (κ3) is 9.57. The van der Waals surface area contributed by atoms with Gasteiger partial charge in [-0.3, -0.25) is 13.9 Å². The smallest absolute Gasteiger partial charge is 0.264 e. The summed E-state index contributed by atoms with van der Waals surface area (Å²) in [6.07, 6.45) is 0.189. The van der Waals surface area contributed by atoms with Gasteiger partial charge in [0.25, 0.3) is 10.0 Å². The predicted octanol–water partition coefficient (Wildman–Crippen LogP) is 5.84. The third-order valence-corrected chi connectivity index (χ3v) is 9.35. The van der Waals surface area contributed by atoms with E-state index >= 15 is 0 Å². The molecule has 0 unspecified atom stereocenters. The van der Waals surface area contributed by atoms with Crippen molar-refractivity contribution in [3.63, 3.8) is 0 Å². The molecule has 0 fully saturated rings. The van der Waals surface area contributed by atoms with E-state index in [-0.39, 0.29) is 35.4 Å². The molecular weight excluding hydrogens is 633 g/mol. The first-order valence-corrected chi connectivity index (χ1v) is 17.2. The van der Waals surface area contributed by atoms with Crippen LogP contribution >= 0.6 is 0 Å². The summed E-state index contributed by atoms with van der Waals surface area (Å²) in [4.78, 5) is 29.7. The quantitative estimate of drug-likeness (QED) is 0.160. The van der Waals surface area contributed by atoms with Gasteiger partial charge in [0.1, 0.15) is 29.9 Å². The standard InChI is InChI=1S/C37H42FN3O6S/c1-5-47-32-18-16-31(17-19-32)41(48(44,45)34-20-14-30(38)15-21-34)26-36(42)40(25-29-12-9-13-33(22-29)46-4)35(37(43)39-24-27(2)3)23-28-10-7-6-8-11-28/h6-22,27,35H,5,23-26H2,1-4H3,(H,39,43)/t35-/m0/s1. The molecule has 0 spiro atoms. The van der Waals surface area contributed by atoms with E-state index in [1.165, 1.54) is 12.0 Å². The van der Waals surface area contributed by atoms with Crippen molar-refractivity contribution in [2.45, 2.75) is 44.7 Å². The summed E-state index contributed by atoms with van der Waals surface area (Å²) in [7, 11) is -2.84. The van der Waals surface area contributed by atoms with Crippen molar-refractivity contribution in [2.24, 2.45) is 5.92 Å². The van der Waals surface area contributed by atoms with E-state index in [9.17, 15) is 22.4 Å². The number of nitrogens with one attached hydrogen (secondary N) is 1. The fourth-order valence-electron chi connectivity index (χ4n) is 5.08. The number of anilines is 1. The van der Waals surface area contributed by atoms with Gasteiger partial charge in [0.2, 0.25) is 11.8 Å². The maximum absolute atomic E-state index is 14.6. The highest BCUT2D eigenvalue weighted by Crippen LogP contribution is 2.27. The Hall–Kier alpha value is -4.90. The van der Waals surface area contributed by atoms with Gasteiger partial charge >= 0.3 is 0 Å². The van der Waals surface area contributed by atoms with Crippen molar-refractivity contribution in [1.29, 1.82) is 0 Å². The number of carbonyl (C=O) groups is 2. The van der Waals surface area contributed by atoms with E-state index in [2.05, 4.69) is 5.32 Å². The molecule has 0 saturated carbocycles. The maximum atomic E-state index is 14.6. The molecule has 4 rings (SSSR count). The molecule has 0 heterocycles. The van der Waals surface area contributed by atoms with Crippen LogP contribution in [-0.4, -0.2) is 58.0 Å². The number of benzene rings is 4. The number of hydrogen-bond acceptors (Lipinski definition) is 6. The Morgan fingerprint density at radius 1 is 0.854 bits per heavy atom. The van der Waals surface area contributed by atoms with E-state index in [0.29, 0.717) is 30.2 Å². The fraction of sp³-hybridized carbons (Fsp3) is 0.297. The average Bonchev–Trinajstić information content (AvgIpc) is 3.08. The number of methoxy groups -OCH3 is 1. The Morgan fingerprint density at radius 2 is 1.52 bits per heavy atom. The predicted molar refractivity (Wildman–Crippen MR) is 184 cm³/mol. The van der Waals surface area contributed by atoms with Crippen molar-refractivity contribution in [3.8, 4) is 11.5 Å². The van der Waals surface area contributed by atoms with Crippen LogP contribution in [-0.2, 0) is 32.6 Å². The van der Waals surface area contributed by atoms with Crippen LogP contribution < -0.4 is 19.1 Å². The minimum atomic E-state index is -4.38. The lowest BCUT2D eigenvalue weighted by atomic mass is 10.0. The molecule has 0 aliphatic heterocycles. The number of sulfonamides is 1. The van der Waals surface area contributed by atoms with Crippen molar-refractivity contribution in [2.75, 3.05) is 31.1 Å². The Bertz CT molecular complexity index is 1750. The monoisotopic (exact) mass is 675 g/mol. The number of carbonyl (C=O) groups excluding carboxylic acids is 2. The highest BCUT2D eigenvalue weighted by molar-refractivity contribution is 7.92. The normalized spacial score (nSPS) is 11.9. The molecule has 0 aliphatic rings.